The Morgan fingerprint density at radius 3 is 2.40 bits per heavy atom. The van der Waals surface area contributed by atoms with Gasteiger partial charge in [0, 0.05) is 12.1 Å². The lowest BCUT2D eigenvalue weighted by molar-refractivity contribution is -0.386. The number of halogens is 2. The molecule has 1 aliphatic heterocycles. The van der Waals surface area contributed by atoms with E-state index in [0.717, 1.165) is 12.1 Å². The van der Waals surface area contributed by atoms with Crippen molar-refractivity contribution < 1.29 is 23.2 Å². The SMILES string of the molecule is O=[N+]([O-])c1cc(Cl)c(Cl)cc1OC1CS(=O)(=O)CC1O. The number of nitro groups is 1. The molecule has 0 radical (unpaired) electrons. The first-order valence-electron chi connectivity index (χ1n) is 5.38. The number of nitro benzene ring substituents is 1. The number of hydrogen-bond acceptors (Lipinski definition) is 6. The summed E-state index contributed by atoms with van der Waals surface area (Å²) in [5.74, 6) is -1.08. The van der Waals surface area contributed by atoms with Crippen LogP contribution in [0.5, 0.6) is 5.75 Å². The maximum Gasteiger partial charge on any atom is 0.312 e. The number of aliphatic hydroxyl groups is 1. The van der Waals surface area contributed by atoms with Gasteiger partial charge < -0.3 is 9.84 Å². The van der Waals surface area contributed by atoms with Crippen molar-refractivity contribution in [1.82, 2.24) is 0 Å². The van der Waals surface area contributed by atoms with E-state index in [1.165, 1.54) is 0 Å². The van der Waals surface area contributed by atoms with Crippen LogP contribution in [0.15, 0.2) is 12.1 Å². The van der Waals surface area contributed by atoms with E-state index in [9.17, 15) is 23.6 Å². The fraction of sp³-hybridized carbons (Fsp3) is 0.400. The summed E-state index contributed by atoms with van der Waals surface area (Å²) in [5.41, 5.74) is -0.448. The van der Waals surface area contributed by atoms with Crippen molar-refractivity contribution in [1.29, 1.82) is 0 Å². The van der Waals surface area contributed by atoms with E-state index in [1.54, 1.807) is 0 Å². The van der Waals surface area contributed by atoms with E-state index < -0.39 is 44.2 Å². The summed E-state index contributed by atoms with van der Waals surface area (Å²) in [6, 6.07) is 2.13. The van der Waals surface area contributed by atoms with Gasteiger partial charge in [-0.2, -0.15) is 0 Å². The van der Waals surface area contributed by atoms with Crippen molar-refractivity contribution in [3.05, 3.63) is 32.3 Å². The van der Waals surface area contributed by atoms with Gasteiger partial charge in [-0.3, -0.25) is 10.1 Å². The lowest BCUT2D eigenvalue weighted by atomic mass is 10.2. The molecule has 1 heterocycles. The summed E-state index contributed by atoms with van der Waals surface area (Å²) in [6.45, 7) is 0. The van der Waals surface area contributed by atoms with Crippen molar-refractivity contribution in [2.45, 2.75) is 12.2 Å². The summed E-state index contributed by atoms with van der Waals surface area (Å²) >= 11 is 11.4. The van der Waals surface area contributed by atoms with E-state index >= 15 is 0 Å². The lowest BCUT2D eigenvalue weighted by Gasteiger charge is -2.16. The van der Waals surface area contributed by atoms with E-state index in [-0.39, 0.29) is 15.8 Å². The third kappa shape index (κ3) is 3.14. The van der Waals surface area contributed by atoms with Crippen LogP contribution in [0, 0.1) is 10.1 Å². The van der Waals surface area contributed by atoms with Gasteiger partial charge in [-0.15, -0.1) is 0 Å². The summed E-state index contributed by atoms with van der Waals surface area (Å²) in [6.07, 6.45) is -2.31. The molecular formula is C10H9Cl2NO6S. The summed E-state index contributed by atoms with van der Waals surface area (Å²) in [5, 5.41) is 20.5. The highest BCUT2D eigenvalue weighted by Crippen LogP contribution is 2.37. The van der Waals surface area contributed by atoms with Crippen LogP contribution in [0.25, 0.3) is 0 Å². The first-order chi connectivity index (χ1) is 9.19. The van der Waals surface area contributed by atoms with Gasteiger partial charge in [0.2, 0.25) is 0 Å². The Balaban J connectivity index is 2.34. The van der Waals surface area contributed by atoms with Crippen LogP contribution in [0.2, 0.25) is 10.0 Å². The largest absolute Gasteiger partial charge is 0.480 e. The van der Waals surface area contributed by atoms with Crippen molar-refractivity contribution in [3.8, 4) is 5.75 Å². The van der Waals surface area contributed by atoms with Crippen LogP contribution in [0.1, 0.15) is 0 Å². The van der Waals surface area contributed by atoms with Crippen LogP contribution in [-0.4, -0.2) is 42.2 Å². The molecule has 7 nitrogen and oxygen atoms in total. The second kappa shape index (κ2) is 5.36. The number of hydrogen-bond donors (Lipinski definition) is 1. The first-order valence-corrected chi connectivity index (χ1v) is 7.96. The number of benzene rings is 1. The molecule has 1 aromatic rings. The van der Waals surface area contributed by atoms with Crippen molar-refractivity contribution in [3.63, 3.8) is 0 Å². The Hall–Kier alpha value is -1.09. The van der Waals surface area contributed by atoms with Gasteiger partial charge in [0.05, 0.1) is 26.5 Å². The molecule has 0 amide bonds. The van der Waals surface area contributed by atoms with Gasteiger partial charge in [-0.25, -0.2) is 8.42 Å². The molecule has 1 N–H and O–H groups in total. The van der Waals surface area contributed by atoms with Gasteiger partial charge >= 0.3 is 5.69 Å². The fourth-order valence-electron chi connectivity index (χ4n) is 1.83. The first kappa shape index (κ1) is 15.3. The molecule has 2 atom stereocenters. The maximum absolute atomic E-state index is 11.4. The number of sulfone groups is 1. The number of aliphatic hydroxyl groups excluding tert-OH is 1. The molecule has 0 aliphatic carbocycles. The van der Waals surface area contributed by atoms with Crippen LogP contribution in [0.3, 0.4) is 0 Å². The van der Waals surface area contributed by atoms with Gasteiger partial charge in [-0.05, 0) is 0 Å². The highest BCUT2D eigenvalue weighted by molar-refractivity contribution is 7.91. The second-order valence-electron chi connectivity index (χ2n) is 4.29. The summed E-state index contributed by atoms with van der Waals surface area (Å²) in [7, 11) is -3.42. The van der Waals surface area contributed by atoms with Gasteiger partial charge in [0.25, 0.3) is 0 Å². The molecule has 0 spiro atoms. The minimum Gasteiger partial charge on any atom is -0.480 e. The summed E-state index contributed by atoms with van der Waals surface area (Å²) in [4.78, 5) is 10.2. The molecule has 10 heteroatoms. The number of nitrogens with zero attached hydrogens (tertiary/aromatic N) is 1. The molecule has 110 valence electrons. The molecule has 2 rings (SSSR count). The van der Waals surface area contributed by atoms with Crippen molar-refractivity contribution in [2.75, 3.05) is 11.5 Å². The Morgan fingerprint density at radius 1 is 1.30 bits per heavy atom. The van der Waals surface area contributed by atoms with E-state index in [4.69, 9.17) is 27.9 Å². The van der Waals surface area contributed by atoms with E-state index in [2.05, 4.69) is 0 Å². The lowest BCUT2D eigenvalue weighted by Crippen LogP contribution is -2.30. The predicted molar refractivity (Wildman–Crippen MR) is 72.2 cm³/mol. The zero-order valence-corrected chi connectivity index (χ0v) is 12.2. The molecule has 1 fully saturated rings. The van der Waals surface area contributed by atoms with E-state index in [0.29, 0.717) is 0 Å². The highest BCUT2D eigenvalue weighted by atomic mass is 35.5. The molecule has 20 heavy (non-hydrogen) atoms. The third-order valence-corrected chi connectivity index (χ3v) is 5.16. The van der Waals surface area contributed by atoms with Gasteiger partial charge in [0.1, 0.15) is 12.2 Å². The highest BCUT2D eigenvalue weighted by Gasteiger charge is 2.39. The van der Waals surface area contributed by atoms with Crippen LogP contribution < -0.4 is 4.74 Å². The Kier molecular flexibility index (Phi) is 4.10. The topological polar surface area (TPSA) is 107 Å². The van der Waals surface area contributed by atoms with E-state index in [1.807, 2.05) is 0 Å². The molecule has 0 aromatic heterocycles. The zero-order valence-electron chi connectivity index (χ0n) is 9.82. The molecule has 0 bridgehead atoms. The fourth-order valence-corrected chi connectivity index (χ4v) is 3.80. The Labute approximate surface area is 124 Å². The number of rotatable bonds is 3. The molecular weight excluding hydrogens is 333 g/mol. The van der Waals surface area contributed by atoms with Crippen molar-refractivity contribution in [2.24, 2.45) is 0 Å². The van der Waals surface area contributed by atoms with Crippen LogP contribution in [-0.2, 0) is 9.84 Å². The molecule has 1 aromatic carbocycles. The monoisotopic (exact) mass is 341 g/mol. The summed E-state index contributed by atoms with van der Waals surface area (Å²) < 4.78 is 28.0. The number of ether oxygens (including phenoxy) is 1. The normalized spacial score (nSPS) is 24.6. The average Bonchev–Trinajstić information content (AvgIpc) is 2.56. The zero-order chi connectivity index (χ0) is 15.1. The van der Waals surface area contributed by atoms with Crippen LogP contribution >= 0.6 is 23.2 Å². The molecule has 2 unspecified atom stereocenters. The second-order valence-corrected chi connectivity index (χ2v) is 7.26. The van der Waals surface area contributed by atoms with Crippen LogP contribution in [0.4, 0.5) is 5.69 Å². The maximum atomic E-state index is 11.4. The minimum absolute atomic E-state index is 0.0229. The predicted octanol–water partition coefficient (Wildman–Crippen LogP) is 1.44. The standard InChI is InChI=1S/C10H9Cl2NO6S/c11-5-1-7(13(15)16)9(2-6(5)12)19-10-4-20(17,18)3-8(10)14/h1-2,8,10,14H,3-4H2. The third-order valence-electron chi connectivity index (χ3n) is 2.75. The Morgan fingerprint density at radius 2 is 1.90 bits per heavy atom. The Bertz CT molecular complexity index is 662. The molecule has 1 aliphatic rings. The quantitative estimate of drug-likeness (QED) is 0.658. The van der Waals surface area contributed by atoms with Gasteiger partial charge in [0.15, 0.2) is 15.6 Å². The molecule has 0 saturated carbocycles. The minimum atomic E-state index is -3.42. The van der Waals surface area contributed by atoms with Gasteiger partial charge in [-0.1, -0.05) is 23.2 Å². The molecule has 1 saturated heterocycles. The smallest absolute Gasteiger partial charge is 0.312 e. The van der Waals surface area contributed by atoms with Crippen molar-refractivity contribution >= 4 is 38.7 Å². The average molecular weight is 342 g/mol.